The van der Waals surface area contributed by atoms with Crippen molar-refractivity contribution in [3.63, 3.8) is 0 Å². The average Bonchev–Trinajstić information content (AvgIpc) is 3.32. The normalized spacial score (nSPS) is 13.6. The van der Waals surface area contributed by atoms with Crippen LogP contribution in [0.15, 0.2) is 47.6 Å². The van der Waals surface area contributed by atoms with Crippen LogP contribution in [0, 0.1) is 6.92 Å². The van der Waals surface area contributed by atoms with E-state index in [1.54, 1.807) is 11.3 Å². The Bertz CT molecular complexity index is 763. The smallest absolute Gasteiger partial charge is 0.191 e. The molecule has 0 radical (unpaired) electrons. The van der Waals surface area contributed by atoms with Gasteiger partial charge in [0.15, 0.2) is 5.96 Å². The van der Waals surface area contributed by atoms with Crippen molar-refractivity contribution in [1.82, 2.24) is 15.6 Å². The van der Waals surface area contributed by atoms with Crippen molar-refractivity contribution in [3.8, 4) is 0 Å². The Kier molecular flexibility index (Phi) is 9.06. The second kappa shape index (κ2) is 11.3. The van der Waals surface area contributed by atoms with E-state index < -0.39 is 0 Å². The SMILES string of the molecule is CCNC(=NCc1cccc(N2CC=CC2)c1)NCCc1ncc(C)s1.I. The van der Waals surface area contributed by atoms with Crippen molar-refractivity contribution in [1.29, 1.82) is 0 Å². The zero-order valence-corrected chi connectivity index (χ0v) is 19.1. The maximum absolute atomic E-state index is 4.73. The van der Waals surface area contributed by atoms with Crippen LogP contribution in [0.3, 0.4) is 0 Å². The quantitative estimate of drug-likeness (QED) is 0.265. The van der Waals surface area contributed by atoms with Crippen LogP contribution in [-0.2, 0) is 13.0 Å². The second-order valence-electron chi connectivity index (χ2n) is 6.28. The molecular weight excluding hydrogens is 469 g/mol. The first kappa shape index (κ1) is 21.7. The van der Waals surface area contributed by atoms with Crippen LogP contribution >= 0.6 is 35.3 Å². The molecule has 0 fully saturated rings. The van der Waals surface area contributed by atoms with E-state index in [4.69, 9.17) is 4.99 Å². The lowest BCUT2D eigenvalue weighted by Crippen LogP contribution is -2.38. The number of thiazole rings is 1. The Labute approximate surface area is 183 Å². The fraction of sp³-hybridized carbons (Fsp3) is 0.400. The van der Waals surface area contributed by atoms with Gasteiger partial charge >= 0.3 is 0 Å². The number of aliphatic imine (C=N–C) groups is 1. The number of hydrogen-bond donors (Lipinski definition) is 2. The number of benzene rings is 1. The van der Waals surface area contributed by atoms with Crippen molar-refractivity contribution < 1.29 is 0 Å². The molecule has 0 aliphatic carbocycles. The van der Waals surface area contributed by atoms with Gasteiger partial charge < -0.3 is 15.5 Å². The first-order valence-electron chi connectivity index (χ1n) is 9.17. The third-order valence-corrected chi connectivity index (χ3v) is 5.13. The maximum Gasteiger partial charge on any atom is 0.191 e. The zero-order valence-electron chi connectivity index (χ0n) is 15.9. The molecule has 27 heavy (non-hydrogen) atoms. The summed E-state index contributed by atoms with van der Waals surface area (Å²) in [5.41, 5.74) is 2.49. The van der Waals surface area contributed by atoms with Gasteiger partial charge in [-0.1, -0.05) is 24.3 Å². The van der Waals surface area contributed by atoms with E-state index in [1.807, 2.05) is 6.20 Å². The summed E-state index contributed by atoms with van der Waals surface area (Å²) < 4.78 is 0. The Morgan fingerprint density at radius 2 is 2.07 bits per heavy atom. The molecule has 7 heteroatoms. The highest BCUT2D eigenvalue weighted by molar-refractivity contribution is 14.0. The Balaban J connectivity index is 0.00000261. The first-order valence-corrected chi connectivity index (χ1v) is 9.98. The van der Waals surface area contributed by atoms with Crippen molar-refractivity contribution >= 4 is 47.0 Å². The highest BCUT2D eigenvalue weighted by atomic mass is 127. The van der Waals surface area contributed by atoms with Gasteiger partial charge in [-0.15, -0.1) is 35.3 Å². The summed E-state index contributed by atoms with van der Waals surface area (Å²) in [4.78, 5) is 12.8. The van der Waals surface area contributed by atoms with Gasteiger partial charge in [0.05, 0.1) is 11.6 Å². The van der Waals surface area contributed by atoms with Crippen molar-refractivity contribution in [2.75, 3.05) is 31.1 Å². The highest BCUT2D eigenvalue weighted by Crippen LogP contribution is 2.19. The Morgan fingerprint density at radius 1 is 1.26 bits per heavy atom. The molecule has 0 amide bonds. The molecule has 2 heterocycles. The van der Waals surface area contributed by atoms with Gasteiger partial charge in [0.1, 0.15) is 0 Å². The summed E-state index contributed by atoms with van der Waals surface area (Å²) in [5, 5.41) is 7.88. The molecule has 0 bridgehead atoms. The van der Waals surface area contributed by atoms with E-state index in [9.17, 15) is 0 Å². The maximum atomic E-state index is 4.73. The molecule has 0 saturated heterocycles. The van der Waals surface area contributed by atoms with Gasteiger partial charge in [0, 0.05) is 49.4 Å². The monoisotopic (exact) mass is 497 g/mol. The van der Waals surface area contributed by atoms with E-state index in [1.165, 1.54) is 16.1 Å². The minimum atomic E-state index is 0. The lowest BCUT2D eigenvalue weighted by Gasteiger charge is -2.18. The molecule has 2 aromatic rings. The fourth-order valence-corrected chi connectivity index (χ4v) is 3.64. The fourth-order valence-electron chi connectivity index (χ4n) is 2.86. The number of nitrogens with zero attached hydrogens (tertiary/aromatic N) is 3. The molecule has 1 aromatic heterocycles. The Morgan fingerprint density at radius 3 is 2.78 bits per heavy atom. The van der Waals surface area contributed by atoms with Crippen LogP contribution < -0.4 is 15.5 Å². The van der Waals surface area contributed by atoms with Gasteiger partial charge in [0.2, 0.25) is 0 Å². The number of aryl methyl sites for hydroxylation is 1. The Hall–Kier alpha value is -1.61. The predicted octanol–water partition coefficient (Wildman–Crippen LogP) is 3.74. The van der Waals surface area contributed by atoms with Crippen LogP contribution in [-0.4, -0.2) is 37.1 Å². The summed E-state index contributed by atoms with van der Waals surface area (Å²) in [7, 11) is 0. The molecule has 0 spiro atoms. The van der Waals surface area contributed by atoms with Crippen molar-refractivity contribution in [2.45, 2.75) is 26.8 Å². The van der Waals surface area contributed by atoms with E-state index in [0.717, 1.165) is 43.6 Å². The van der Waals surface area contributed by atoms with Crippen LogP contribution in [0.5, 0.6) is 0 Å². The van der Waals surface area contributed by atoms with Gasteiger partial charge in [-0.2, -0.15) is 0 Å². The van der Waals surface area contributed by atoms with Crippen molar-refractivity contribution in [3.05, 3.63) is 58.1 Å². The second-order valence-corrected chi connectivity index (χ2v) is 7.60. The van der Waals surface area contributed by atoms with Crippen LogP contribution in [0.1, 0.15) is 22.4 Å². The molecule has 3 rings (SSSR count). The molecule has 146 valence electrons. The van der Waals surface area contributed by atoms with E-state index in [2.05, 4.69) is 70.8 Å². The molecule has 0 atom stereocenters. The predicted molar refractivity (Wildman–Crippen MR) is 127 cm³/mol. The van der Waals surface area contributed by atoms with Crippen LogP contribution in [0.4, 0.5) is 5.69 Å². The summed E-state index contributed by atoms with van der Waals surface area (Å²) >= 11 is 1.76. The summed E-state index contributed by atoms with van der Waals surface area (Å²) in [5.74, 6) is 0.856. The number of halogens is 1. The average molecular weight is 497 g/mol. The highest BCUT2D eigenvalue weighted by Gasteiger charge is 2.08. The molecule has 5 nitrogen and oxygen atoms in total. The minimum absolute atomic E-state index is 0. The lowest BCUT2D eigenvalue weighted by molar-refractivity contribution is 0.796. The molecule has 0 unspecified atom stereocenters. The van der Waals surface area contributed by atoms with Crippen LogP contribution in [0.2, 0.25) is 0 Å². The summed E-state index contributed by atoms with van der Waals surface area (Å²) in [6, 6.07) is 8.65. The number of rotatable bonds is 7. The summed E-state index contributed by atoms with van der Waals surface area (Å²) in [6.07, 6.45) is 7.27. The van der Waals surface area contributed by atoms with Gasteiger partial charge in [-0.3, -0.25) is 0 Å². The topological polar surface area (TPSA) is 52.6 Å². The lowest BCUT2D eigenvalue weighted by atomic mass is 10.2. The third-order valence-electron chi connectivity index (χ3n) is 4.16. The number of aromatic nitrogens is 1. The molecule has 1 aliphatic heterocycles. The van der Waals surface area contributed by atoms with E-state index >= 15 is 0 Å². The number of nitrogens with one attached hydrogen (secondary N) is 2. The molecular formula is C20H28IN5S. The molecule has 1 aromatic carbocycles. The number of hydrogen-bond acceptors (Lipinski definition) is 4. The third kappa shape index (κ3) is 6.80. The first-order chi connectivity index (χ1) is 12.7. The zero-order chi connectivity index (χ0) is 18.2. The van der Waals surface area contributed by atoms with Gasteiger partial charge in [-0.25, -0.2) is 9.98 Å². The standard InChI is InChI=1S/C20H27N5S.HI/c1-3-21-20(22-10-9-19-23-14-16(2)26-19)24-15-17-7-6-8-18(13-17)25-11-4-5-12-25;/h4-8,13-14H,3,9-12,15H2,1-2H3,(H2,21,22,24);1H. The van der Waals surface area contributed by atoms with E-state index in [0.29, 0.717) is 6.54 Å². The van der Waals surface area contributed by atoms with Gasteiger partial charge in [0.25, 0.3) is 0 Å². The minimum Gasteiger partial charge on any atom is -0.364 e. The molecule has 0 saturated carbocycles. The number of guanidine groups is 1. The molecule has 2 N–H and O–H groups in total. The molecule has 1 aliphatic rings. The summed E-state index contributed by atoms with van der Waals surface area (Å²) in [6.45, 7) is 8.51. The van der Waals surface area contributed by atoms with Crippen LogP contribution in [0.25, 0.3) is 0 Å². The number of anilines is 1. The van der Waals surface area contributed by atoms with E-state index in [-0.39, 0.29) is 24.0 Å². The van der Waals surface area contributed by atoms with Crippen molar-refractivity contribution in [2.24, 2.45) is 4.99 Å². The van der Waals surface area contributed by atoms with Gasteiger partial charge in [-0.05, 0) is 31.5 Å². The largest absolute Gasteiger partial charge is 0.364 e.